The van der Waals surface area contributed by atoms with Crippen LogP contribution < -0.4 is 5.32 Å². The van der Waals surface area contributed by atoms with Gasteiger partial charge in [-0.05, 0) is 31.2 Å². The van der Waals surface area contributed by atoms with Gasteiger partial charge in [0.25, 0.3) is 5.91 Å². The number of aromatic amines is 1. The van der Waals surface area contributed by atoms with Crippen LogP contribution in [0.5, 0.6) is 0 Å². The predicted molar refractivity (Wildman–Crippen MR) is 75.4 cm³/mol. The lowest BCUT2D eigenvalue weighted by atomic mass is 10.1. The molecule has 3 rings (SSSR count). The Labute approximate surface area is 115 Å². The molecule has 1 aromatic carbocycles. The van der Waals surface area contributed by atoms with Crippen LogP contribution in [0.25, 0.3) is 11.3 Å². The minimum absolute atomic E-state index is 0.191. The van der Waals surface area contributed by atoms with Crippen molar-refractivity contribution in [2.75, 3.05) is 5.32 Å². The minimum Gasteiger partial charge on any atom is -0.469 e. The molecule has 0 bridgehead atoms. The average Bonchev–Trinajstić information content (AvgIpc) is 3.10. The van der Waals surface area contributed by atoms with Gasteiger partial charge in [0.15, 0.2) is 0 Å². The van der Waals surface area contributed by atoms with Crippen molar-refractivity contribution in [3.63, 3.8) is 0 Å². The Kier molecular flexibility index (Phi) is 3.09. The number of hydrogen-bond acceptors (Lipinski definition) is 3. The van der Waals surface area contributed by atoms with E-state index in [-0.39, 0.29) is 5.91 Å². The summed E-state index contributed by atoms with van der Waals surface area (Å²) >= 11 is 0. The average molecular weight is 267 g/mol. The second-order valence-corrected chi connectivity index (χ2v) is 4.45. The van der Waals surface area contributed by atoms with Crippen molar-refractivity contribution in [1.29, 1.82) is 0 Å². The molecule has 0 atom stereocenters. The molecule has 0 aliphatic heterocycles. The standard InChI is InChI=1S/C15H13N3O2/c1-10-7-12(9-20-10)15(19)17-13-4-2-3-11(8-13)14-5-6-16-18-14/h2-9H,1H3,(H,16,18)(H,17,19). The summed E-state index contributed by atoms with van der Waals surface area (Å²) < 4.78 is 5.13. The molecule has 1 amide bonds. The number of aryl methyl sites for hydroxylation is 1. The second-order valence-electron chi connectivity index (χ2n) is 4.45. The number of hydrogen-bond donors (Lipinski definition) is 2. The minimum atomic E-state index is -0.191. The number of carbonyl (C=O) groups excluding carboxylic acids is 1. The highest BCUT2D eigenvalue weighted by molar-refractivity contribution is 6.04. The van der Waals surface area contributed by atoms with Gasteiger partial charge < -0.3 is 9.73 Å². The number of amides is 1. The smallest absolute Gasteiger partial charge is 0.258 e. The monoisotopic (exact) mass is 267 g/mol. The molecular weight excluding hydrogens is 254 g/mol. The van der Waals surface area contributed by atoms with E-state index >= 15 is 0 Å². The topological polar surface area (TPSA) is 70.9 Å². The molecule has 2 heterocycles. The number of nitrogens with zero attached hydrogens (tertiary/aromatic N) is 1. The first-order valence-corrected chi connectivity index (χ1v) is 6.19. The lowest BCUT2D eigenvalue weighted by Gasteiger charge is -2.05. The Balaban J connectivity index is 1.81. The number of furan rings is 1. The summed E-state index contributed by atoms with van der Waals surface area (Å²) in [5, 5.41) is 9.65. The van der Waals surface area contributed by atoms with Gasteiger partial charge in [0.2, 0.25) is 0 Å². The molecular formula is C15H13N3O2. The van der Waals surface area contributed by atoms with Crippen LogP contribution >= 0.6 is 0 Å². The van der Waals surface area contributed by atoms with Crippen LogP contribution in [0.3, 0.4) is 0 Å². The summed E-state index contributed by atoms with van der Waals surface area (Å²) in [6.45, 7) is 1.80. The molecule has 0 unspecified atom stereocenters. The number of aromatic nitrogens is 2. The molecule has 0 saturated carbocycles. The molecule has 20 heavy (non-hydrogen) atoms. The fourth-order valence-corrected chi connectivity index (χ4v) is 1.95. The number of anilines is 1. The van der Waals surface area contributed by atoms with E-state index in [1.807, 2.05) is 30.3 Å². The Morgan fingerprint density at radius 3 is 2.90 bits per heavy atom. The second kappa shape index (κ2) is 5.05. The van der Waals surface area contributed by atoms with Gasteiger partial charge in [0.1, 0.15) is 12.0 Å². The van der Waals surface area contributed by atoms with Crippen LogP contribution in [0.2, 0.25) is 0 Å². The van der Waals surface area contributed by atoms with Crippen molar-refractivity contribution in [2.45, 2.75) is 6.92 Å². The Hall–Kier alpha value is -2.82. The van der Waals surface area contributed by atoms with Crippen molar-refractivity contribution in [3.05, 3.63) is 60.2 Å². The first-order chi connectivity index (χ1) is 9.72. The van der Waals surface area contributed by atoms with E-state index < -0.39 is 0 Å². The molecule has 0 spiro atoms. The molecule has 100 valence electrons. The first-order valence-electron chi connectivity index (χ1n) is 6.19. The van der Waals surface area contributed by atoms with E-state index in [9.17, 15) is 4.79 Å². The van der Waals surface area contributed by atoms with Gasteiger partial charge in [-0.2, -0.15) is 5.10 Å². The molecule has 0 radical (unpaired) electrons. The van der Waals surface area contributed by atoms with Gasteiger partial charge in [-0.15, -0.1) is 0 Å². The zero-order valence-electron chi connectivity index (χ0n) is 10.9. The maximum absolute atomic E-state index is 12.0. The van der Waals surface area contributed by atoms with E-state index in [0.29, 0.717) is 11.3 Å². The van der Waals surface area contributed by atoms with Crippen LogP contribution in [0.1, 0.15) is 16.1 Å². The third kappa shape index (κ3) is 2.47. The number of benzene rings is 1. The van der Waals surface area contributed by atoms with Gasteiger partial charge in [-0.25, -0.2) is 0 Å². The van der Waals surface area contributed by atoms with Crippen LogP contribution in [0.15, 0.2) is 53.3 Å². The van der Waals surface area contributed by atoms with Crippen molar-refractivity contribution in [2.24, 2.45) is 0 Å². The van der Waals surface area contributed by atoms with E-state index in [0.717, 1.165) is 16.9 Å². The molecule has 3 aromatic rings. The van der Waals surface area contributed by atoms with Gasteiger partial charge in [-0.1, -0.05) is 12.1 Å². The normalized spacial score (nSPS) is 10.4. The number of carbonyl (C=O) groups is 1. The third-order valence-electron chi connectivity index (χ3n) is 2.92. The zero-order valence-corrected chi connectivity index (χ0v) is 10.9. The maximum Gasteiger partial charge on any atom is 0.258 e. The molecule has 0 saturated heterocycles. The maximum atomic E-state index is 12.0. The molecule has 5 nitrogen and oxygen atoms in total. The van der Waals surface area contributed by atoms with Crippen LogP contribution in [-0.2, 0) is 0 Å². The third-order valence-corrected chi connectivity index (χ3v) is 2.92. The summed E-state index contributed by atoms with van der Waals surface area (Å²) in [5.74, 6) is 0.518. The Morgan fingerprint density at radius 1 is 1.30 bits per heavy atom. The van der Waals surface area contributed by atoms with Crippen LogP contribution in [0, 0.1) is 6.92 Å². The molecule has 2 aromatic heterocycles. The summed E-state index contributed by atoms with van der Waals surface area (Å²) in [6, 6.07) is 11.1. The largest absolute Gasteiger partial charge is 0.469 e. The SMILES string of the molecule is Cc1cc(C(=O)Nc2cccc(-c3ccn[nH]3)c2)co1. The van der Waals surface area contributed by atoms with E-state index in [1.165, 1.54) is 6.26 Å². The van der Waals surface area contributed by atoms with E-state index in [4.69, 9.17) is 4.42 Å². The highest BCUT2D eigenvalue weighted by Crippen LogP contribution is 2.21. The van der Waals surface area contributed by atoms with Crippen molar-refractivity contribution >= 4 is 11.6 Å². The molecule has 0 fully saturated rings. The quantitative estimate of drug-likeness (QED) is 0.765. The summed E-state index contributed by atoms with van der Waals surface area (Å²) in [6.07, 6.45) is 3.14. The lowest BCUT2D eigenvalue weighted by molar-refractivity contribution is 0.102. The molecule has 2 N–H and O–H groups in total. The lowest BCUT2D eigenvalue weighted by Crippen LogP contribution is -2.10. The molecule has 0 aliphatic rings. The summed E-state index contributed by atoms with van der Waals surface area (Å²) in [5.41, 5.74) is 3.10. The van der Waals surface area contributed by atoms with E-state index in [2.05, 4.69) is 15.5 Å². The van der Waals surface area contributed by atoms with E-state index in [1.54, 1.807) is 19.2 Å². The molecule has 5 heteroatoms. The number of rotatable bonds is 3. The fourth-order valence-electron chi connectivity index (χ4n) is 1.95. The highest BCUT2D eigenvalue weighted by Gasteiger charge is 2.09. The zero-order chi connectivity index (χ0) is 13.9. The Bertz CT molecular complexity index is 729. The number of H-pyrrole nitrogens is 1. The molecule has 0 aliphatic carbocycles. The van der Waals surface area contributed by atoms with Crippen molar-refractivity contribution in [1.82, 2.24) is 10.2 Å². The highest BCUT2D eigenvalue weighted by atomic mass is 16.3. The Morgan fingerprint density at radius 2 is 2.20 bits per heavy atom. The number of nitrogens with one attached hydrogen (secondary N) is 2. The van der Waals surface area contributed by atoms with Gasteiger partial charge in [-0.3, -0.25) is 9.89 Å². The van der Waals surface area contributed by atoms with Gasteiger partial charge >= 0.3 is 0 Å². The van der Waals surface area contributed by atoms with Gasteiger partial charge in [0, 0.05) is 17.4 Å². The van der Waals surface area contributed by atoms with Crippen molar-refractivity contribution < 1.29 is 9.21 Å². The first kappa shape index (κ1) is 12.2. The van der Waals surface area contributed by atoms with Crippen LogP contribution in [-0.4, -0.2) is 16.1 Å². The summed E-state index contributed by atoms with van der Waals surface area (Å²) in [7, 11) is 0. The van der Waals surface area contributed by atoms with Gasteiger partial charge in [0.05, 0.1) is 11.3 Å². The summed E-state index contributed by atoms with van der Waals surface area (Å²) in [4.78, 5) is 12.0. The fraction of sp³-hybridized carbons (Fsp3) is 0.0667. The predicted octanol–water partition coefficient (Wildman–Crippen LogP) is 3.23. The van der Waals surface area contributed by atoms with Crippen molar-refractivity contribution in [3.8, 4) is 11.3 Å². The van der Waals surface area contributed by atoms with Crippen LogP contribution in [0.4, 0.5) is 5.69 Å².